The number of hydrogen-bond donors (Lipinski definition) is 1. The van der Waals surface area contributed by atoms with Crippen molar-refractivity contribution in [1.29, 1.82) is 0 Å². The Hall–Kier alpha value is -0.0400. The summed E-state index contributed by atoms with van der Waals surface area (Å²) in [7, 11) is 2.07. The average molecular weight is 225 g/mol. The van der Waals surface area contributed by atoms with Crippen LogP contribution in [-0.2, 0) is 0 Å². The second-order valence-electron chi connectivity index (χ2n) is 7.23. The van der Waals surface area contributed by atoms with Crippen molar-refractivity contribution < 1.29 is 0 Å². The average Bonchev–Trinajstić information content (AvgIpc) is 2.11. The van der Waals surface area contributed by atoms with Gasteiger partial charge >= 0.3 is 0 Å². The van der Waals surface area contributed by atoms with E-state index in [0.29, 0.717) is 10.8 Å². The van der Waals surface area contributed by atoms with E-state index in [0.717, 1.165) is 11.8 Å². The first kappa shape index (κ1) is 14.0. The molecule has 1 aliphatic rings. The lowest BCUT2D eigenvalue weighted by atomic mass is 9.55. The third-order valence-corrected chi connectivity index (χ3v) is 4.58. The topological polar surface area (TPSA) is 12.0 Å². The summed E-state index contributed by atoms with van der Waals surface area (Å²) in [5, 5.41) is 3.34. The Labute approximate surface area is 102 Å². The Kier molecular flexibility index (Phi) is 4.45. The zero-order valence-electron chi connectivity index (χ0n) is 12.2. The fourth-order valence-corrected chi connectivity index (χ4v) is 4.10. The highest BCUT2D eigenvalue weighted by molar-refractivity contribution is 4.94. The van der Waals surface area contributed by atoms with Gasteiger partial charge in [-0.05, 0) is 61.9 Å². The molecule has 2 atom stereocenters. The minimum absolute atomic E-state index is 0.537. The first-order valence-electron chi connectivity index (χ1n) is 6.96. The Morgan fingerprint density at radius 1 is 1.25 bits per heavy atom. The molecule has 0 spiro atoms. The Bertz CT molecular complexity index is 219. The summed E-state index contributed by atoms with van der Waals surface area (Å²) in [4.78, 5) is 0. The number of hydrogen-bond acceptors (Lipinski definition) is 1. The lowest BCUT2D eigenvalue weighted by Crippen LogP contribution is -2.41. The van der Waals surface area contributed by atoms with Gasteiger partial charge in [-0.2, -0.15) is 0 Å². The maximum Gasteiger partial charge on any atom is -0.00465 e. The van der Waals surface area contributed by atoms with Crippen molar-refractivity contribution in [2.45, 2.75) is 60.3 Å². The Morgan fingerprint density at radius 3 is 2.31 bits per heavy atom. The van der Waals surface area contributed by atoms with E-state index in [9.17, 15) is 0 Å². The van der Waals surface area contributed by atoms with E-state index in [1.54, 1.807) is 0 Å². The molecular weight excluding hydrogens is 194 g/mol. The van der Waals surface area contributed by atoms with Crippen molar-refractivity contribution in [1.82, 2.24) is 5.32 Å². The molecule has 0 radical (unpaired) electrons. The zero-order chi connectivity index (χ0) is 12.4. The molecule has 1 heteroatoms. The Balaban J connectivity index is 2.82. The second-order valence-corrected chi connectivity index (χ2v) is 7.23. The van der Waals surface area contributed by atoms with Crippen LogP contribution in [0.5, 0.6) is 0 Å². The predicted molar refractivity (Wildman–Crippen MR) is 72.6 cm³/mol. The summed E-state index contributed by atoms with van der Waals surface area (Å²) in [6.45, 7) is 13.4. The number of rotatable bonds is 4. The highest BCUT2D eigenvalue weighted by Gasteiger charge is 2.43. The second kappa shape index (κ2) is 5.08. The van der Waals surface area contributed by atoms with Crippen molar-refractivity contribution in [2.75, 3.05) is 13.6 Å². The minimum Gasteiger partial charge on any atom is -0.320 e. The quantitative estimate of drug-likeness (QED) is 0.760. The molecule has 16 heavy (non-hydrogen) atoms. The van der Waals surface area contributed by atoms with Gasteiger partial charge in [-0.25, -0.2) is 0 Å². The molecule has 96 valence electrons. The van der Waals surface area contributed by atoms with E-state index in [1.807, 2.05) is 0 Å². The van der Waals surface area contributed by atoms with E-state index in [2.05, 4.69) is 47.0 Å². The van der Waals surface area contributed by atoms with Crippen LogP contribution in [0.1, 0.15) is 60.3 Å². The van der Waals surface area contributed by atoms with Crippen LogP contribution < -0.4 is 5.32 Å². The van der Waals surface area contributed by atoms with E-state index in [4.69, 9.17) is 0 Å². The molecule has 1 N–H and O–H groups in total. The van der Waals surface area contributed by atoms with Crippen LogP contribution in [0.25, 0.3) is 0 Å². The summed E-state index contributed by atoms with van der Waals surface area (Å²) in [5.41, 5.74) is 1.11. The molecule has 1 fully saturated rings. The predicted octanol–water partition coefficient (Wildman–Crippen LogP) is 4.08. The van der Waals surface area contributed by atoms with Crippen LogP contribution in [0, 0.1) is 22.7 Å². The van der Waals surface area contributed by atoms with Crippen molar-refractivity contribution in [3.05, 3.63) is 0 Å². The third-order valence-electron chi connectivity index (χ3n) is 4.58. The van der Waals surface area contributed by atoms with Gasteiger partial charge in [-0.3, -0.25) is 0 Å². The van der Waals surface area contributed by atoms with Crippen LogP contribution in [0.15, 0.2) is 0 Å². The summed E-state index contributed by atoms with van der Waals surface area (Å²) < 4.78 is 0. The van der Waals surface area contributed by atoms with E-state index in [-0.39, 0.29) is 0 Å². The van der Waals surface area contributed by atoms with Crippen LogP contribution >= 0.6 is 0 Å². The summed E-state index contributed by atoms with van der Waals surface area (Å²) in [6, 6.07) is 0. The third kappa shape index (κ3) is 3.23. The van der Waals surface area contributed by atoms with Crippen LogP contribution in [-0.4, -0.2) is 13.6 Å². The molecule has 1 saturated carbocycles. The molecule has 0 amide bonds. The fourth-order valence-electron chi connectivity index (χ4n) is 4.10. The van der Waals surface area contributed by atoms with Crippen LogP contribution in [0.2, 0.25) is 0 Å². The molecule has 1 rings (SSSR count). The van der Waals surface area contributed by atoms with Gasteiger partial charge in [-0.1, -0.05) is 34.6 Å². The van der Waals surface area contributed by atoms with Gasteiger partial charge in [-0.15, -0.1) is 0 Å². The minimum atomic E-state index is 0.537. The van der Waals surface area contributed by atoms with Crippen molar-refractivity contribution >= 4 is 0 Å². The van der Waals surface area contributed by atoms with Gasteiger partial charge in [0.25, 0.3) is 0 Å². The van der Waals surface area contributed by atoms with Gasteiger partial charge in [0.15, 0.2) is 0 Å². The van der Waals surface area contributed by atoms with E-state index < -0.39 is 0 Å². The van der Waals surface area contributed by atoms with Crippen LogP contribution in [0.3, 0.4) is 0 Å². The van der Waals surface area contributed by atoms with E-state index in [1.165, 1.54) is 32.2 Å². The van der Waals surface area contributed by atoms with Crippen LogP contribution in [0.4, 0.5) is 0 Å². The van der Waals surface area contributed by atoms with Gasteiger partial charge in [0.1, 0.15) is 0 Å². The summed E-state index contributed by atoms with van der Waals surface area (Å²) in [5.74, 6) is 1.70. The molecule has 0 bridgehead atoms. The molecule has 0 aromatic carbocycles. The molecule has 0 saturated heterocycles. The Morgan fingerprint density at radius 2 is 1.88 bits per heavy atom. The van der Waals surface area contributed by atoms with Gasteiger partial charge in [0.2, 0.25) is 0 Å². The molecule has 1 nitrogen and oxygen atoms in total. The van der Waals surface area contributed by atoms with Crippen molar-refractivity contribution in [3.8, 4) is 0 Å². The molecule has 2 unspecified atom stereocenters. The van der Waals surface area contributed by atoms with E-state index >= 15 is 0 Å². The first-order valence-corrected chi connectivity index (χ1v) is 6.96. The van der Waals surface area contributed by atoms with Gasteiger partial charge < -0.3 is 5.32 Å². The summed E-state index contributed by atoms with van der Waals surface area (Å²) >= 11 is 0. The lowest BCUT2D eigenvalue weighted by molar-refractivity contribution is 0.00363. The standard InChI is InChI=1S/C15H31N/c1-12(2)15(7-8-16-6)10-13(3)9-14(4,5)11-15/h12-13,16H,7-11H2,1-6H3. The summed E-state index contributed by atoms with van der Waals surface area (Å²) in [6.07, 6.45) is 5.58. The maximum absolute atomic E-state index is 3.34. The lowest BCUT2D eigenvalue weighted by Gasteiger charge is -2.50. The van der Waals surface area contributed by atoms with Crippen molar-refractivity contribution in [2.24, 2.45) is 22.7 Å². The highest BCUT2D eigenvalue weighted by atomic mass is 14.8. The monoisotopic (exact) mass is 225 g/mol. The first-order chi connectivity index (χ1) is 7.31. The highest BCUT2D eigenvalue weighted by Crippen LogP contribution is 2.53. The molecule has 1 aliphatic carbocycles. The maximum atomic E-state index is 3.34. The molecule has 0 aromatic heterocycles. The molecule has 0 aromatic rings. The van der Waals surface area contributed by atoms with Gasteiger partial charge in [0.05, 0.1) is 0 Å². The van der Waals surface area contributed by atoms with Gasteiger partial charge in [0, 0.05) is 0 Å². The zero-order valence-corrected chi connectivity index (χ0v) is 12.2. The largest absolute Gasteiger partial charge is 0.320 e. The smallest absolute Gasteiger partial charge is 0.00465 e. The van der Waals surface area contributed by atoms with Crippen molar-refractivity contribution in [3.63, 3.8) is 0 Å². The fraction of sp³-hybridized carbons (Fsp3) is 1.00. The molecule has 0 heterocycles. The number of nitrogens with one attached hydrogen (secondary N) is 1. The SMILES string of the molecule is CNCCC1(C(C)C)CC(C)CC(C)(C)C1. The molecular formula is C15H31N. The molecule has 0 aliphatic heterocycles. The normalized spacial score (nSPS) is 34.3.